The molecule has 1 fully saturated rings. The lowest BCUT2D eigenvalue weighted by atomic mass is 10.1. The van der Waals surface area contributed by atoms with E-state index in [1.165, 1.54) is 24.3 Å². The number of nitrogens with zero attached hydrogens (tertiary/aromatic N) is 1. The molecule has 0 radical (unpaired) electrons. The van der Waals surface area contributed by atoms with Crippen molar-refractivity contribution < 1.29 is 22.8 Å². The summed E-state index contributed by atoms with van der Waals surface area (Å²) in [6.45, 7) is 4.19. The van der Waals surface area contributed by atoms with Crippen LogP contribution in [0.25, 0.3) is 0 Å². The van der Waals surface area contributed by atoms with Crippen molar-refractivity contribution in [2.75, 3.05) is 30.3 Å². The molecular weight excluding hydrogens is 383 g/mol. The van der Waals surface area contributed by atoms with Gasteiger partial charge in [-0.25, -0.2) is 0 Å². The van der Waals surface area contributed by atoms with E-state index < -0.39 is 17.6 Å². The normalized spacial score (nSPS) is 17.2. The highest BCUT2D eigenvalue weighted by Crippen LogP contribution is 2.30. The minimum absolute atomic E-state index is 0.0439. The number of alkyl halides is 3. The van der Waals surface area contributed by atoms with Crippen LogP contribution in [0.1, 0.15) is 29.3 Å². The maximum Gasteiger partial charge on any atom is 0.416 e. The third-order valence-corrected chi connectivity index (χ3v) is 4.73. The highest BCUT2D eigenvalue weighted by atomic mass is 19.4. The average Bonchev–Trinajstić information content (AvgIpc) is 3.06. The molecule has 5 nitrogen and oxygen atoms in total. The van der Waals surface area contributed by atoms with Crippen LogP contribution in [0.3, 0.4) is 0 Å². The van der Waals surface area contributed by atoms with Crippen LogP contribution in [-0.2, 0) is 11.0 Å². The van der Waals surface area contributed by atoms with E-state index in [1.54, 1.807) is 12.1 Å². The zero-order valence-electron chi connectivity index (χ0n) is 15.9. The lowest BCUT2D eigenvalue weighted by Crippen LogP contribution is -2.31. The topological polar surface area (TPSA) is 61.4 Å². The summed E-state index contributed by atoms with van der Waals surface area (Å²) in [7, 11) is 0. The summed E-state index contributed by atoms with van der Waals surface area (Å²) in [5, 5.41) is 5.22. The second-order valence-corrected chi connectivity index (χ2v) is 7.29. The van der Waals surface area contributed by atoms with E-state index in [2.05, 4.69) is 22.5 Å². The fourth-order valence-corrected chi connectivity index (χ4v) is 3.29. The molecule has 0 spiro atoms. The zero-order valence-corrected chi connectivity index (χ0v) is 15.9. The van der Waals surface area contributed by atoms with Gasteiger partial charge in [-0.05, 0) is 55.3 Å². The monoisotopic (exact) mass is 405 g/mol. The average molecular weight is 405 g/mol. The molecule has 2 amide bonds. The molecule has 1 aliphatic rings. The summed E-state index contributed by atoms with van der Waals surface area (Å²) in [6, 6.07) is 10.7. The summed E-state index contributed by atoms with van der Waals surface area (Å²) >= 11 is 0. The van der Waals surface area contributed by atoms with E-state index in [9.17, 15) is 22.8 Å². The Morgan fingerprint density at radius 2 is 1.76 bits per heavy atom. The van der Waals surface area contributed by atoms with Crippen LogP contribution in [0, 0.1) is 5.92 Å². The van der Waals surface area contributed by atoms with Gasteiger partial charge in [-0.2, -0.15) is 13.2 Å². The molecule has 29 heavy (non-hydrogen) atoms. The second-order valence-electron chi connectivity index (χ2n) is 7.29. The van der Waals surface area contributed by atoms with Gasteiger partial charge in [-0.3, -0.25) is 14.5 Å². The standard InChI is InChI=1S/C21H22F3N3O2/c1-14-8-9-27(12-14)13-19(28)25-17-6-2-4-15(10-17)20(29)26-18-7-3-5-16(11-18)21(22,23)24/h2-7,10-11,14H,8-9,12-13H2,1H3,(H,25,28)(H,26,29). The van der Waals surface area contributed by atoms with Crippen LogP contribution in [0.4, 0.5) is 24.5 Å². The molecule has 0 bridgehead atoms. The number of hydrogen-bond acceptors (Lipinski definition) is 3. The molecule has 8 heteroatoms. The molecule has 1 unspecified atom stereocenters. The van der Waals surface area contributed by atoms with E-state index in [0.717, 1.165) is 31.6 Å². The van der Waals surface area contributed by atoms with Crippen LogP contribution in [0.5, 0.6) is 0 Å². The highest BCUT2D eigenvalue weighted by Gasteiger charge is 2.30. The smallest absolute Gasteiger partial charge is 0.325 e. The van der Waals surface area contributed by atoms with Gasteiger partial charge in [0.2, 0.25) is 5.91 Å². The molecule has 0 saturated carbocycles. The van der Waals surface area contributed by atoms with Crippen LogP contribution < -0.4 is 10.6 Å². The first-order chi connectivity index (χ1) is 13.7. The molecule has 2 aromatic rings. The van der Waals surface area contributed by atoms with Crippen molar-refractivity contribution >= 4 is 23.2 Å². The number of benzene rings is 2. The molecule has 1 aliphatic heterocycles. The second kappa shape index (κ2) is 8.65. The number of carbonyl (C=O) groups is 2. The van der Waals surface area contributed by atoms with E-state index >= 15 is 0 Å². The maximum atomic E-state index is 12.8. The van der Waals surface area contributed by atoms with Crippen molar-refractivity contribution in [2.45, 2.75) is 19.5 Å². The van der Waals surface area contributed by atoms with Crippen molar-refractivity contribution in [3.63, 3.8) is 0 Å². The molecule has 2 N–H and O–H groups in total. The first-order valence-electron chi connectivity index (χ1n) is 9.31. The molecular formula is C21H22F3N3O2. The minimum Gasteiger partial charge on any atom is -0.325 e. The number of likely N-dealkylation sites (tertiary alicyclic amines) is 1. The van der Waals surface area contributed by atoms with Crippen molar-refractivity contribution in [1.82, 2.24) is 4.90 Å². The van der Waals surface area contributed by atoms with Gasteiger partial charge in [-0.15, -0.1) is 0 Å². The molecule has 2 aromatic carbocycles. The fourth-order valence-electron chi connectivity index (χ4n) is 3.29. The maximum absolute atomic E-state index is 12.8. The van der Waals surface area contributed by atoms with Gasteiger partial charge in [0.15, 0.2) is 0 Å². The molecule has 0 aromatic heterocycles. The Morgan fingerprint density at radius 3 is 2.41 bits per heavy atom. The number of hydrogen-bond donors (Lipinski definition) is 2. The van der Waals surface area contributed by atoms with Gasteiger partial charge in [0.25, 0.3) is 5.91 Å². The predicted molar refractivity (Wildman–Crippen MR) is 105 cm³/mol. The van der Waals surface area contributed by atoms with E-state index in [0.29, 0.717) is 11.6 Å². The van der Waals surface area contributed by atoms with Gasteiger partial charge in [0.1, 0.15) is 0 Å². The summed E-state index contributed by atoms with van der Waals surface area (Å²) in [5.74, 6) is -0.158. The summed E-state index contributed by atoms with van der Waals surface area (Å²) in [5.41, 5.74) is -0.107. The first kappa shape index (κ1) is 20.9. The van der Waals surface area contributed by atoms with E-state index in [1.807, 2.05) is 0 Å². The highest BCUT2D eigenvalue weighted by molar-refractivity contribution is 6.05. The quantitative estimate of drug-likeness (QED) is 0.782. The largest absolute Gasteiger partial charge is 0.416 e. The number of halogens is 3. The summed E-state index contributed by atoms with van der Waals surface area (Å²) in [6.07, 6.45) is -3.42. The Kier molecular flexibility index (Phi) is 6.22. The number of amides is 2. The van der Waals surface area contributed by atoms with Crippen molar-refractivity contribution in [3.05, 3.63) is 59.7 Å². The van der Waals surface area contributed by atoms with Crippen molar-refractivity contribution in [1.29, 1.82) is 0 Å². The molecule has 1 atom stereocenters. The number of carbonyl (C=O) groups excluding carboxylic acids is 2. The van der Waals surface area contributed by atoms with E-state index in [-0.39, 0.29) is 23.7 Å². The van der Waals surface area contributed by atoms with Gasteiger partial charge >= 0.3 is 6.18 Å². The van der Waals surface area contributed by atoms with Crippen molar-refractivity contribution in [3.8, 4) is 0 Å². The van der Waals surface area contributed by atoms with Gasteiger partial charge in [0.05, 0.1) is 12.1 Å². The zero-order chi connectivity index (χ0) is 21.0. The molecule has 0 aliphatic carbocycles. The van der Waals surface area contributed by atoms with Gasteiger partial charge in [0, 0.05) is 23.5 Å². The Labute approximate surface area is 166 Å². The minimum atomic E-state index is -4.49. The SMILES string of the molecule is CC1CCN(CC(=O)Nc2cccc(C(=O)Nc3cccc(C(F)(F)F)c3)c2)C1. The van der Waals surface area contributed by atoms with Gasteiger partial charge < -0.3 is 10.6 Å². The van der Waals surface area contributed by atoms with Crippen molar-refractivity contribution in [2.24, 2.45) is 5.92 Å². The molecule has 1 heterocycles. The Hall–Kier alpha value is -2.87. The number of anilines is 2. The Morgan fingerprint density at radius 1 is 1.07 bits per heavy atom. The molecule has 1 saturated heterocycles. The molecule has 154 valence electrons. The van der Waals surface area contributed by atoms with Crippen LogP contribution in [0.2, 0.25) is 0 Å². The summed E-state index contributed by atoms with van der Waals surface area (Å²) < 4.78 is 38.4. The first-order valence-corrected chi connectivity index (χ1v) is 9.31. The predicted octanol–water partition coefficient (Wildman–Crippen LogP) is 4.24. The van der Waals surface area contributed by atoms with Gasteiger partial charge in [-0.1, -0.05) is 19.1 Å². The third-order valence-electron chi connectivity index (χ3n) is 4.73. The fraction of sp³-hybridized carbons (Fsp3) is 0.333. The van der Waals surface area contributed by atoms with Crippen LogP contribution >= 0.6 is 0 Å². The van der Waals surface area contributed by atoms with Crippen LogP contribution in [0.15, 0.2) is 48.5 Å². The number of nitrogens with one attached hydrogen (secondary N) is 2. The Balaban J connectivity index is 1.63. The number of rotatable bonds is 5. The van der Waals surface area contributed by atoms with E-state index in [4.69, 9.17) is 0 Å². The lowest BCUT2D eigenvalue weighted by molar-refractivity contribution is -0.137. The Bertz CT molecular complexity index is 899. The third kappa shape index (κ3) is 5.80. The van der Waals surface area contributed by atoms with Crippen LogP contribution in [-0.4, -0.2) is 36.3 Å². The lowest BCUT2D eigenvalue weighted by Gasteiger charge is -2.15. The molecule has 3 rings (SSSR count). The summed E-state index contributed by atoms with van der Waals surface area (Å²) in [4.78, 5) is 26.7.